The molecule has 1 rings (SSSR count). The summed E-state index contributed by atoms with van der Waals surface area (Å²) in [5.41, 5.74) is 0.552. The molecule has 0 radical (unpaired) electrons. The van der Waals surface area contributed by atoms with Gasteiger partial charge in [0.15, 0.2) is 0 Å². The molecule has 0 heterocycles. The number of carbonyl (C=O) groups excluding carboxylic acids is 2. The van der Waals surface area contributed by atoms with Gasteiger partial charge in [-0.1, -0.05) is 18.2 Å². The molecule has 0 aliphatic carbocycles. The smallest absolute Gasteiger partial charge is 0.229 e. The van der Waals surface area contributed by atoms with E-state index in [0.29, 0.717) is 25.1 Å². The van der Waals surface area contributed by atoms with Crippen LogP contribution >= 0.6 is 0 Å². The lowest BCUT2D eigenvalue weighted by atomic mass is 10.1. The highest BCUT2D eigenvalue weighted by Crippen LogP contribution is 2.06. The molecule has 0 spiro atoms. The van der Waals surface area contributed by atoms with Crippen molar-refractivity contribution in [3.63, 3.8) is 0 Å². The van der Waals surface area contributed by atoms with Crippen molar-refractivity contribution in [3.05, 3.63) is 35.6 Å². The van der Waals surface area contributed by atoms with Gasteiger partial charge in [-0.05, 0) is 45.1 Å². The van der Waals surface area contributed by atoms with E-state index in [0.717, 1.165) is 13.0 Å². The van der Waals surface area contributed by atoms with Crippen LogP contribution in [-0.2, 0) is 16.0 Å². The first-order chi connectivity index (χ1) is 10.5. The fourth-order valence-corrected chi connectivity index (χ4v) is 1.93. The highest BCUT2D eigenvalue weighted by molar-refractivity contribution is 5.96. The van der Waals surface area contributed by atoms with Gasteiger partial charge in [-0.2, -0.15) is 0 Å². The van der Waals surface area contributed by atoms with Gasteiger partial charge in [0.05, 0.1) is 0 Å². The molecule has 2 amide bonds. The average Bonchev–Trinajstić information content (AvgIpc) is 2.45. The van der Waals surface area contributed by atoms with Gasteiger partial charge in [-0.3, -0.25) is 9.59 Å². The minimum Gasteiger partial charge on any atom is -0.356 e. The Labute approximate surface area is 130 Å². The van der Waals surface area contributed by atoms with Crippen molar-refractivity contribution in [1.29, 1.82) is 0 Å². The van der Waals surface area contributed by atoms with Crippen molar-refractivity contribution in [2.45, 2.75) is 19.3 Å². The van der Waals surface area contributed by atoms with Crippen molar-refractivity contribution < 1.29 is 14.0 Å². The summed E-state index contributed by atoms with van der Waals surface area (Å²) in [5.74, 6) is -0.918. The first-order valence-electron chi connectivity index (χ1n) is 7.40. The molecule has 2 N–H and O–H groups in total. The van der Waals surface area contributed by atoms with Gasteiger partial charge in [0.2, 0.25) is 11.8 Å². The maximum absolute atomic E-state index is 13.4. The van der Waals surface area contributed by atoms with Gasteiger partial charge < -0.3 is 15.5 Å². The van der Waals surface area contributed by atoms with Crippen molar-refractivity contribution in [3.8, 4) is 0 Å². The molecule has 0 atom stereocenters. The molecule has 6 heteroatoms. The lowest BCUT2D eigenvalue weighted by Crippen LogP contribution is -2.34. The van der Waals surface area contributed by atoms with E-state index in [4.69, 9.17) is 0 Å². The zero-order valence-electron chi connectivity index (χ0n) is 13.2. The minimum atomic E-state index is -0.346. The fraction of sp³-hybridized carbons (Fsp3) is 0.500. The average molecular weight is 309 g/mol. The SMILES string of the molecule is CN(C)CCCNC(=O)CC(=O)NCCc1ccccc1F. The van der Waals surface area contributed by atoms with Crippen LogP contribution in [0.4, 0.5) is 4.39 Å². The molecule has 0 fully saturated rings. The standard InChI is InChI=1S/C16H24FN3O2/c1-20(2)11-5-9-18-15(21)12-16(22)19-10-8-13-6-3-4-7-14(13)17/h3-4,6-7H,5,8-12H2,1-2H3,(H,18,21)(H,19,22). The number of hydrogen-bond donors (Lipinski definition) is 2. The van der Waals surface area contributed by atoms with E-state index in [9.17, 15) is 14.0 Å². The molecule has 5 nitrogen and oxygen atoms in total. The lowest BCUT2D eigenvalue weighted by molar-refractivity contribution is -0.129. The Kier molecular flexibility index (Phi) is 8.14. The number of benzene rings is 1. The van der Waals surface area contributed by atoms with Crippen molar-refractivity contribution in [2.24, 2.45) is 0 Å². The van der Waals surface area contributed by atoms with Gasteiger partial charge in [-0.15, -0.1) is 0 Å². The van der Waals surface area contributed by atoms with E-state index in [2.05, 4.69) is 10.6 Å². The Morgan fingerprint density at radius 3 is 2.36 bits per heavy atom. The number of nitrogens with zero attached hydrogens (tertiary/aromatic N) is 1. The first kappa shape index (κ1) is 18.1. The van der Waals surface area contributed by atoms with Crippen LogP contribution in [0.5, 0.6) is 0 Å². The molecule has 22 heavy (non-hydrogen) atoms. The van der Waals surface area contributed by atoms with Crippen molar-refractivity contribution in [2.75, 3.05) is 33.7 Å². The summed E-state index contributed by atoms with van der Waals surface area (Å²) in [4.78, 5) is 25.2. The van der Waals surface area contributed by atoms with E-state index < -0.39 is 0 Å². The molecule has 122 valence electrons. The molecule has 0 bridgehead atoms. The molecule has 0 saturated heterocycles. The number of halogens is 1. The van der Waals surface area contributed by atoms with Crippen LogP contribution in [-0.4, -0.2) is 50.4 Å². The predicted octanol–water partition coefficient (Wildman–Crippen LogP) is 0.942. The number of carbonyl (C=O) groups is 2. The van der Waals surface area contributed by atoms with Crippen molar-refractivity contribution in [1.82, 2.24) is 15.5 Å². The maximum atomic E-state index is 13.4. The van der Waals surface area contributed by atoms with E-state index in [1.165, 1.54) is 6.07 Å². The van der Waals surface area contributed by atoms with Crippen LogP contribution < -0.4 is 10.6 Å². The third kappa shape index (κ3) is 7.73. The van der Waals surface area contributed by atoms with Gasteiger partial charge in [0.1, 0.15) is 12.2 Å². The Balaban J connectivity index is 2.15. The summed E-state index contributed by atoms with van der Waals surface area (Å²) in [6.45, 7) is 1.75. The number of hydrogen-bond acceptors (Lipinski definition) is 3. The quantitative estimate of drug-likeness (QED) is 0.527. The Morgan fingerprint density at radius 1 is 1.09 bits per heavy atom. The lowest BCUT2D eigenvalue weighted by Gasteiger charge is -2.10. The highest BCUT2D eigenvalue weighted by Gasteiger charge is 2.09. The molecular formula is C16H24FN3O2. The van der Waals surface area contributed by atoms with E-state index in [-0.39, 0.29) is 24.1 Å². The fourth-order valence-electron chi connectivity index (χ4n) is 1.93. The summed E-state index contributed by atoms with van der Waals surface area (Å²) in [5, 5.41) is 5.32. The second-order valence-corrected chi connectivity index (χ2v) is 5.37. The topological polar surface area (TPSA) is 61.4 Å². The molecule has 0 unspecified atom stereocenters. The van der Waals surface area contributed by atoms with Crippen LogP contribution in [0.1, 0.15) is 18.4 Å². The predicted molar refractivity (Wildman–Crippen MR) is 83.9 cm³/mol. The van der Waals surface area contributed by atoms with Crippen LogP contribution in [0.15, 0.2) is 24.3 Å². The van der Waals surface area contributed by atoms with Crippen molar-refractivity contribution >= 4 is 11.8 Å². The Hall–Kier alpha value is -1.95. The van der Waals surface area contributed by atoms with Crippen LogP contribution in [0.3, 0.4) is 0 Å². The van der Waals surface area contributed by atoms with E-state index in [1.807, 2.05) is 19.0 Å². The molecule has 0 aromatic heterocycles. The Morgan fingerprint density at radius 2 is 1.73 bits per heavy atom. The maximum Gasteiger partial charge on any atom is 0.229 e. The van der Waals surface area contributed by atoms with Gasteiger partial charge in [-0.25, -0.2) is 4.39 Å². The van der Waals surface area contributed by atoms with Crippen LogP contribution in [0.25, 0.3) is 0 Å². The van der Waals surface area contributed by atoms with E-state index in [1.54, 1.807) is 18.2 Å². The first-order valence-corrected chi connectivity index (χ1v) is 7.40. The molecular weight excluding hydrogens is 285 g/mol. The second-order valence-electron chi connectivity index (χ2n) is 5.37. The molecule has 0 aliphatic rings. The molecule has 1 aromatic carbocycles. The van der Waals surface area contributed by atoms with Gasteiger partial charge in [0, 0.05) is 13.1 Å². The molecule has 1 aromatic rings. The normalized spacial score (nSPS) is 10.5. The van der Waals surface area contributed by atoms with Gasteiger partial charge >= 0.3 is 0 Å². The summed E-state index contributed by atoms with van der Waals surface area (Å²) >= 11 is 0. The number of rotatable bonds is 9. The summed E-state index contributed by atoms with van der Waals surface area (Å²) in [7, 11) is 3.93. The molecule has 0 saturated carbocycles. The monoisotopic (exact) mass is 309 g/mol. The third-order valence-corrected chi connectivity index (χ3v) is 3.10. The summed E-state index contributed by atoms with van der Waals surface area (Å²) in [6.07, 6.45) is 1.05. The van der Waals surface area contributed by atoms with Gasteiger partial charge in [0.25, 0.3) is 0 Å². The van der Waals surface area contributed by atoms with Crippen LogP contribution in [0, 0.1) is 5.82 Å². The number of nitrogens with one attached hydrogen (secondary N) is 2. The second kappa shape index (κ2) is 9.89. The zero-order valence-corrected chi connectivity index (χ0v) is 13.2. The highest BCUT2D eigenvalue weighted by atomic mass is 19.1. The largest absolute Gasteiger partial charge is 0.356 e. The third-order valence-electron chi connectivity index (χ3n) is 3.10. The zero-order chi connectivity index (χ0) is 16.4. The van der Waals surface area contributed by atoms with E-state index >= 15 is 0 Å². The summed E-state index contributed by atoms with van der Waals surface area (Å²) < 4.78 is 13.4. The Bertz CT molecular complexity index is 492. The number of amides is 2. The minimum absolute atomic E-state index is 0.195. The van der Waals surface area contributed by atoms with Crippen LogP contribution in [0.2, 0.25) is 0 Å². The summed E-state index contributed by atoms with van der Waals surface area (Å²) in [6, 6.07) is 6.44. The molecule has 0 aliphatic heterocycles.